The first-order valence-electron chi connectivity index (χ1n) is 4.96. The van der Waals surface area contributed by atoms with Crippen LogP contribution in [0, 0.1) is 0 Å². The van der Waals surface area contributed by atoms with Gasteiger partial charge in [-0.2, -0.15) is 0 Å². The van der Waals surface area contributed by atoms with Gasteiger partial charge in [0.1, 0.15) is 5.75 Å². The smallest absolute Gasteiger partial charge is 0.203 e. The second kappa shape index (κ2) is 5.42. The largest absolute Gasteiger partial charge is 0.495 e. The van der Waals surface area contributed by atoms with Crippen molar-refractivity contribution >= 4 is 54.7 Å². The Balaban J connectivity index is 2.37. The summed E-state index contributed by atoms with van der Waals surface area (Å²) in [5.41, 5.74) is 6.80. The Morgan fingerprint density at radius 2 is 2.06 bits per heavy atom. The fraction of sp³-hybridized carbons (Fsp3) is 0.0833. The van der Waals surface area contributed by atoms with E-state index in [1.165, 1.54) is 11.3 Å². The molecule has 0 spiro atoms. The first-order valence-corrected chi connectivity index (χ1v) is 7.36. The zero-order valence-electron chi connectivity index (χ0n) is 9.37. The topological polar surface area (TPSA) is 52.3 Å². The minimum atomic E-state index is -0.0549. The van der Waals surface area contributed by atoms with E-state index in [4.69, 9.17) is 10.5 Å². The molecule has 0 aliphatic heterocycles. The molecule has 0 fully saturated rings. The van der Waals surface area contributed by atoms with Gasteiger partial charge < -0.3 is 10.5 Å². The number of benzene rings is 1. The third-order valence-corrected chi connectivity index (χ3v) is 5.62. The van der Waals surface area contributed by atoms with E-state index in [0.29, 0.717) is 21.9 Å². The fourth-order valence-electron chi connectivity index (χ4n) is 1.48. The Labute approximate surface area is 125 Å². The van der Waals surface area contributed by atoms with E-state index in [9.17, 15) is 4.79 Å². The van der Waals surface area contributed by atoms with Crippen LogP contribution in [0.15, 0.2) is 32.5 Å². The van der Waals surface area contributed by atoms with Crippen molar-refractivity contribution < 1.29 is 9.53 Å². The highest BCUT2D eigenvalue weighted by Gasteiger charge is 2.15. The molecule has 94 valence electrons. The summed E-state index contributed by atoms with van der Waals surface area (Å²) in [7, 11) is 1.54. The van der Waals surface area contributed by atoms with Crippen molar-refractivity contribution in [1.82, 2.24) is 0 Å². The van der Waals surface area contributed by atoms with Crippen LogP contribution in [0.5, 0.6) is 5.75 Å². The number of ketones is 1. The lowest BCUT2D eigenvalue weighted by Crippen LogP contribution is -2.01. The van der Waals surface area contributed by atoms with Gasteiger partial charge in [-0.05, 0) is 56.1 Å². The molecule has 1 aromatic heterocycles. The molecule has 0 unspecified atom stereocenters. The Morgan fingerprint density at radius 3 is 2.56 bits per heavy atom. The molecule has 6 heteroatoms. The predicted octanol–water partition coefficient (Wildman–Crippen LogP) is 4.09. The Kier molecular flexibility index (Phi) is 4.09. The summed E-state index contributed by atoms with van der Waals surface area (Å²) < 4.78 is 6.83. The molecule has 0 radical (unpaired) electrons. The molecule has 1 heterocycles. The van der Waals surface area contributed by atoms with Crippen molar-refractivity contribution in [3.8, 4) is 5.75 Å². The van der Waals surface area contributed by atoms with Crippen molar-refractivity contribution in [3.05, 3.63) is 43.0 Å². The number of thiophene rings is 1. The molecule has 0 amide bonds. The second-order valence-corrected chi connectivity index (χ2v) is 6.74. The van der Waals surface area contributed by atoms with Gasteiger partial charge in [-0.1, -0.05) is 0 Å². The molecule has 2 aromatic rings. The molecule has 1 aromatic carbocycles. The fourth-order valence-corrected chi connectivity index (χ4v) is 3.47. The van der Waals surface area contributed by atoms with E-state index in [2.05, 4.69) is 31.9 Å². The third-order valence-electron chi connectivity index (χ3n) is 2.36. The van der Waals surface area contributed by atoms with Crippen molar-refractivity contribution in [2.75, 3.05) is 12.8 Å². The summed E-state index contributed by atoms with van der Waals surface area (Å²) >= 11 is 8.11. The SMILES string of the molecule is COc1ccc(C(=O)c2cc(Br)c(Br)s2)cc1N. The lowest BCUT2D eigenvalue weighted by Gasteiger charge is -2.05. The highest BCUT2D eigenvalue weighted by molar-refractivity contribution is 9.13. The molecular formula is C12H9Br2NO2S. The first kappa shape index (κ1) is 13.6. The highest BCUT2D eigenvalue weighted by atomic mass is 79.9. The predicted molar refractivity (Wildman–Crippen MR) is 80.6 cm³/mol. The summed E-state index contributed by atoms with van der Waals surface area (Å²) in [4.78, 5) is 12.9. The zero-order chi connectivity index (χ0) is 13.3. The van der Waals surface area contributed by atoms with Crippen LogP contribution in [0.4, 0.5) is 5.69 Å². The minimum Gasteiger partial charge on any atom is -0.495 e. The number of methoxy groups -OCH3 is 1. The van der Waals surface area contributed by atoms with Crippen molar-refractivity contribution in [1.29, 1.82) is 0 Å². The number of halogens is 2. The van der Waals surface area contributed by atoms with Crippen molar-refractivity contribution in [3.63, 3.8) is 0 Å². The van der Waals surface area contributed by atoms with Gasteiger partial charge in [-0.15, -0.1) is 11.3 Å². The number of rotatable bonds is 3. The van der Waals surface area contributed by atoms with Crippen LogP contribution in [0.25, 0.3) is 0 Å². The van der Waals surface area contributed by atoms with E-state index in [0.717, 1.165) is 8.26 Å². The monoisotopic (exact) mass is 389 g/mol. The summed E-state index contributed by atoms with van der Waals surface area (Å²) in [5, 5.41) is 0. The summed E-state index contributed by atoms with van der Waals surface area (Å²) in [5.74, 6) is 0.515. The van der Waals surface area contributed by atoms with Gasteiger partial charge in [0.25, 0.3) is 0 Å². The molecule has 0 saturated carbocycles. The van der Waals surface area contributed by atoms with Gasteiger partial charge in [0.15, 0.2) is 0 Å². The molecule has 0 aliphatic carbocycles. The van der Waals surface area contributed by atoms with Gasteiger partial charge in [0.05, 0.1) is 21.5 Å². The molecule has 0 aliphatic rings. The Bertz CT molecular complexity index is 591. The van der Waals surface area contributed by atoms with E-state index in [1.807, 2.05) is 0 Å². The number of hydrogen-bond donors (Lipinski definition) is 1. The van der Waals surface area contributed by atoms with Crippen LogP contribution >= 0.6 is 43.2 Å². The van der Waals surface area contributed by atoms with Gasteiger partial charge >= 0.3 is 0 Å². The summed E-state index contributed by atoms with van der Waals surface area (Å²) in [6.07, 6.45) is 0. The number of carbonyl (C=O) groups is 1. The molecule has 0 bridgehead atoms. The lowest BCUT2D eigenvalue weighted by molar-refractivity contribution is 0.104. The lowest BCUT2D eigenvalue weighted by atomic mass is 10.1. The van der Waals surface area contributed by atoms with E-state index in [1.54, 1.807) is 31.4 Å². The second-order valence-electron chi connectivity index (χ2n) is 3.52. The summed E-state index contributed by atoms with van der Waals surface area (Å²) in [6, 6.07) is 6.82. The van der Waals surface area contributed by atoms with Gasteiger partial charge in [-0.3, -0.25) is 4.79 Å². The number of nitrogen functional groups attached to an aromatic ring is 1. The highest BCUT2D eigenvalue weighted by Crippen LogP contribution is 2.34. The molecule has 18 heavy (non-hydrogen) atoms. The van der Waals surface area contributed by atoms with Crippen LogP contribution < -0.4 is 10.5 Å². The molecular weight excluding hydrogens is 382 g/mol. The average Bonchev–Trinajstić information content (AvgIpc) is 2.68. The standard InChI is InChI=1S/C12H9Br2NO2S/c1-17-9-3-2-6(4-8(9)15)11(16)10-5-7(13)12(14)18-10/h2-5H,15H2,1H3. The molecule has 0 saturated heterocycles. The number of nitrogens with two attached hydrogens (primary N) is 1. The first-order chi connectivity index (χ1) is 8.52. The Hall–Kier alpha value is -0.850. The van der Waals surface area contributed by atoms with Gasteiger partial charge in [0.2, 0.25) is 5.78 Å². The maximum atomic E-state index is 12.2. The van der Waals surface area contributed by atoms with Crippen LogP contribution in [0.2, 0.25) is 0 Å². The normalized spacial score (nSPS) is 10.4. The Morgan fingerprint density at radius 1 is 1.33 bits per heavy atom. The van der Waals surface area contributed by atoms with E-state index < -0.39 is 0 Å². The van der Waals surface area contributed by atoms with Gasteiger partial charge in [0, 0.05) is 10.0 Å². The van der Waals surface area contributed by atoms with E-state index >= 15 is 0 Å². The number of hydrogen-bond acceptors (Lipinski definition) is 4. The maximum absolute atomic E-state index is 12.2. The van der Waals surface area contributed by atoms with Crippen LogP contribution in [0.3, 0.4) is 0 Å². The van der Waals surface area contributed by atoms with Gasteiger partial charge in [-0.25, -0.2) is 0 Å². The van der Waals surface area contributed by atoms with Crippen LogP contribution in [0.1, 0.15) is 15.2 Å². The molecule has 0 atom stereocenters. The van der Waals surface area contributed by atoms with E-state index in [-0.39, 0.29) is 5.78 Å². The number of anilines is 1. The molecule has 3 nitrogen and oxygen atoms in total. The quantitative estimate of drug-likeness (QED) is 0.634. The minimum absolute atomic E-state index is 0.0549. The third kappa shape index (κ3) is 2.60. The number of ether oxygens (including phenoxy) is 1. The molecule has 2 N–H and O–H groups in total. The average molecular weight is 391 g/mol. The van der Waals surface area contributed by atoms with Crippen LogP contribution in [-0.4, -0.2) is 12.9 Å². The number of carbonyl (C=O) groups excluding carboxylic acids is 1. The van der Waals surface area contributed by atoms with Crippen molar-refractivity contribution in [2.45, 2.75) is 0 Å². The summed E-state index contributed by atoms with van der Waals surface area (Å²) in [6.45, 7) is 0. The van der Waals surface area contributed by atoms with Crippen molar-refractivity contribution in [2.24, 2.45) is 0 Å². The maximum Gasteiger partial charge on any atom is 0.203 e. The zero-order valence-corrected chi connectivity index (χ0v) is 13.4. The van der Waals surface area contributed by atoms with Crippen LogP contribution in [-0.2, 0) is 0 Å². The molecule has 2 rings (SSSR count).